The fraction of sp³-hybridized carbons (Fsp3) is 0.514. The van der Waals surface area contributed by atoms with E-state index in [0.717, 1.165) is 27.3 Å². The minimum atomic E-state index is -3.87. The zero-order valence-corrected chi connectivity index (χ0v) is 32.2. The molecule has 15 heteroatoms. The maximum absolute atomic E-state index is 13.9. The molecule has 0 radical (unpaired) electrons. The van der Waals surface area contributed by atoms with Crippen LogP contribution in [0, 0.1) is 19.3 Å². The zero-order chi connectivity index (χ0) is 38.1. The number of β-amino-alcohol motifs (C(OH)–C–C–N with tert-alkyl or cyclic N) is 1. The Morgan fingerprint density at radius 1 is 0.962 bits per heavy atom. The van der Waals surface area contributed by atoms with Crippen molar-refractivity contribution < 1.29 is 41.6 Å². The predicted octanol–water partition coefficient (Wildman–Crippen LogP) is 3.93. The lowest BCUT2D eigenvalue weighted by Crippen LogP contribution is -2.58. The molecule has 1 fully saturated rings. The van der Waals surface area contributed by atoms with E-state index in [1.807, 2.05) is 65.8 Å². The number of amides is 3. The van der Waals surface area contributed by atoms with Crippen molar-refractivity contribution in [2.75, 3.05) is 39.6 Å². The molecule has 13 nitrogen and oxygen atoms in total. The molecular formula is C37H50N4O9S2. The van der Waals surface area contributed by atoms with Crippen LogP contribution in [0.4, 0.5) is 0 Å². The van der Waals surface area contributed by atoms with Crippen molar-refractivity contribution in [3.8, 4) is 10.4 Å². The Labute approximate surface area is 310 Å². The van der Waals surface area contributed by atoms with Gasteiger partial charge in [-0.1, -0.05) is 62.7 Å². The molecule has 3 N–H and O–H groups in total. The second-order valence-electron chi connectivity index (χ2n) is 13.9. The molecule has 2 aromatic carbocycles. The normalized spacial score (nSPS) is 17.5. The van der Waals surface area contributed by atoms with E-state index in [4.69, 9.17) is 13.7 Å². The highest BCUT2D eigenvalue weighted by Crippen LogP contribution is 2.29. The molecule has 4 rings (SSSR count). The number of ether oxygens (including phenoxy) is 2. The minimum absolute atomic E-state index is 0.0246. The number of aliphatic hydroxyl groups excluding tert-OH is 1. The lowest BCUT2D eigenvalue weighted by molar-refractivity contribution is -0.144. The van der Waals surface area contributed by atoms with E-state index in [2.05, 4.69) is 15.6 Å². The van der Waals surface area contributed by atoms with Crippen molar-refractivity contribution in [3.05, 3.63) is 70.9 Å². The van der Waals surface area contributed by atoms with Gasteiger partial charge in [-0.15, -0.1) is 11.3 Å². The molecule has 1 aliphatic rings. The molecule has 0 aliphatic carbocycles. The van der Waals surface area contributed by atoms with Crippen LogP contribution in [0.5, 0.6) is 0 Å². The van der Waals surface area contributed by atoms with Crippen LogP contribution in [0.25, 0.3) is 10.4 Å². The molecule has 284 valence electrons. The summed E-state index contributed by atoms with van der Waals surface area (Å²) in [6.07, 6.45) is -0.819. The predicted molar refractivity (Wildman–Crippen MR) is 197 cm³/mol. The zero-order valence-electron chi connectivity index (χ0n) is 30.6. The molecule has 1 saturated heterocycles. The first-order valence-electron chi connectivity index (χ1n) is 17.3. The van der Waals surface area contributed by atoms with Gasteiger partial charge in [0.25, 0.3) is 10.1 Å². The number of nitrogens with zero attached hydrogens (tertiary/aromatic N) is 2. The third kappa shape index (κ3) is 11.4. The van der Waals surface area contributed by atoms with E-state index in [1.54, 1.807) is 29.0 Å². The number of likely N-dealkylation sites (tertiary alicyclic amines) is 1. The van der Waals surface area contributed by atoms with E-state index < -0.39 is 45.5 Å². The van der Waals surface area contributed by atoms with Crippen LogP contribution in [0.1, 0.15) is 63.4 Å². The molecule has 52 heavy (non-hydrogen) atoms. The summed E-state index contributed by atoms with van der Waals surface area (Å²) in [5.74, 6) is -1.24. The summed E-state index contributed by atoms with van der Waals surface area (Å²) in [4.78, 5) is 47.2. The molecule has 0 saturated carbocycles. The topological polar surface area (TPSA) is 173 Å². The van der Waals surface area contributed by atoms with E-state index >= 15 is 0 Å². The second-order valence-corrected chi connectivity index (χ2v) is 16.4. The first-order chi connectivity index (χ1) is 24.6. The number of hydrogen-bond donors (Lipinski definition) is 3. The minimum Gasteiger partial charge on any atom is -0.391 e. The molecule has 3 amide bonds. The summed E-state index contributed by atoms with van der Waals surface area (Å²) >= 11 is 1.57. The fourth-order valence-electron chi connectivity index (χ4n) is 5.71. The number of nitrogens with one attached hydrogen (secondary N) is 2. The Balaban J connectivity index is 1.21. The molecule has 0 unspecified atom stereocenters. The highest BCUT2D eigenvalue weighted by molar-refractivity contribution is 7.86. The average molecular weight is 759 g/mol. The van der Waals surface area contributed by atoms with Gasteiger partial charge in [0.2, 0.25) is 17.7 Å². The smallest absolute Gasteiger partial charge is 0.297 e. The molecule has 0 spiro atoms. The van der Waals surface area contributed by atoms with Crippen molar-refractivity contribution >= 4 is 39.2 Å². The Bertz CT molecular complexity index is 1760. The molecule has 2 heterocycles. The van der Waals surface area contributed by atoms with Crippen LogP contribution >= 0.6 is 11.3 Å². The third-order valence-electron chi connectivity index (χ3n) is 8.68. The summed E-state index contributed by atoms with van der Waals surface area (Å²) in [5, 5.41) is 16.3. The van der Waals surface area contributed by atoms with Crippen LogP contribution in [-0.4, -0.2) is 98.9 Å². The molecule has 3 aromatic rings. The maximum Gasteiger partial charge on any atom is 0.297 e. The first-order valence-corrected chi connectivity index (χ1v) is 19.6. The summed E-state index contributed by atoms with van der Waals surface area (Å²) in [7, 11) is -3.87. The van der Waals surface area contributed by atoms with Crippen molar-refractivity contribution in [2.24, 2.45) is 5.41 Å². The van der Waals surface area contributed by atoms with Gasteiger partial charge in [-0.3, -0.25) is 18.6 Å². The largest absolute Gasteiger partial charge is 0.391 e. The highest BCUT2D eigenvalue weighted by atomic mass is 32.2. The lowest BCUT2D eigenvalue weighted by Gasteiger charge is -2.35. The number of rotatable bonds is 17. The van der Waals surface area contributed by atoms with E-state index in [0.29, 0.717) is 0 Å². The standard InChI is InChI=1S/C37H50N4O9S2/c1-24-7-13-30(14-8-24)52(46,47)50-20-19-49-18-17-48-16-15-32(43)40-34(37(4,5)6)36(45)41-22-29(42)21-31(41)35(44)39-25(2)27-9-11-28(12-10-27)33-26(3)38-23-51-33/h7-14,23,25,29,31,34,42H,15-22H2,1-6H3,(H,39,44)(H,40,43)/t25-,29+,31-,34+/m0/s1. The number of aryl methyl sites for hydroxylation is 2. The van der Waals surface area contributed by atoms with Gasteiger partial charge < -0.3 is 30.1 Å². The number of aliphatic hydroxyl groups is 1. The summed E-state index contributed by atoms with van der Waals surface area (Å²) in [6, 6.07) is 12.0. The average Bonchev–Trinajstić information content (AvgIpc) is 3.71. The van der Waals surface area contributed by atoms with Crippen molar-refractivity contribution in [3.63, 3.8) is 0 Å². The molecule has 1 aromatic heterocycles. The summed E-state index contributed by atoms with van der Waals surface area (Å²) in [6.45, 7) is 11.4. The van der Waals surface area contributed by atoms with E-state index in [-0.39, 0.29) is 69.3 Å². The van der Waals surface area contributed by atoms with Crippen LogP contribution in [-0.2, 0) is 38.2 Å². The second kappa shape index (κ2) is 18.3. The van der Waals surface area contributed by atoms with Crippen LogP contribution in [0.3, 0.4) is 0 Å². The van der Waals surface area contributed by atoms with Crippen molar-refractivity contribution in [2.45, 2.75) is 83.5 Å². The summed E-state index contributed by atoms with van der Waals surface area (Å²) < 4.78 is 40.3. The Morgan fingerprint density at radius 2 is 1.60 bits per heavy atom. The van der Waals surface area contributed by atoms with Gasteiger partial charge in [-0.25, -0.2) is 4.98 Å². The molecule has 4 atom stereocenters. The number of carbonyl (C=O) groups excluding carboxylic acids is 3. The van der Waals surface area contributed by atoms with Crippen LogP contribution < -0.4 is 10.6 Å². The number of aromatic nitrogens is 1. The van der Waals surface area contributed by atoms with Gasteiger partial charge >= 0.3 is 0 Å². The molecule has 0 bridgehead atoms. The van der Waals surface area contributed by atoms with Gasteiger partial charge in [-0.2, -0.15) is 8.42 Å². The third-order valence-corrected chi connectivity index (χ3v) is 11.0. The highest BCUT2D eigenvalue weighted by Gasteiger charge is 2.44. The Kier molecular flexibility index (Phi) is 14.5. The Morgan fingerprint density at radius 3 is 2.21 bits per heavy atom. The van der Waals surface area contributed by atoms with Crippen molar-refractivity contribution in [1.29, 1.82) is 0 Å². The number of benzene rings is 2. The van der Waals surface area contributed by atoms with Crippen molar-refractivity contribution in [1.82, 2.24) is 20.5 Å². The van der Waals surface area contributed by atoms with Crippen LogP contribution in [0.15, 0.2) is 58.9 Å². The summed E-state index contributed by atoms with van der Waals surface area (Å²) in [5.41, 5.74) is 4.94. The quantitative estimate of drug-likeness (QED) is 0.135. The first kappa shape index (κ1) is 41.0. The maximum atomic E-state index is 13.9. The number of thiazole rings is 1. The van der Waals surface area contributed by atoms with Crippen LogP contribution in [0.2, 0.25) is 0 Å². The van der Waals surface area contributed by atoms with Gasteiger partial charge in [0.05, 0.1) is 66.2 Å². The van der Waals surface area contributed by atoms with Gasteiger partial charge in [-0.05, 0) is 49.4 Å². The van der Waals surface area contributed by atoms with E-state index in [9.17, 15) is 27.9 Å². The Hall–Kier alpha value is -3.73. The molecule has 1 aliphatic heterocycles. The van der Waals surface area contributed by atoms with Gasteiger partial charge in [0, 0.05) is 19.4 Å². The SMILES string of the molecule is Cc1ccc(S(=O)(=O)OCCOCCOCCC(=O)N[C@H](C(=O)N2C[C@H](O)C[C@H]2C(=O)N[C@@H](C)c2ccc(-c3scnc3C)cc2)C(C)(C)C)cc1. The molecular weight excluding hydrogens is 709 g/mol. The fourth-order valence-corrected chi connectivity index (χ4v) is 7.42. The van der Waals surface area contributed by atoms with Gasteiger partial charge in [0.1, 0.15) is 12.1 Å². The lowest BCUT2D eigenvalue weighted by atomic mass is 9.85. The number of hydrogen-bond acceptors (Lipinski definition) is 11. The van der Waals surface area contributed by atoms with E-state index in [1.165, 1.54) is 17.0 Å². The van der Waals surface area contributed by atoms with Gasteiger partial charge in [0.15, 0.2) is 0 Å². The monoisotopic (exact) mass is 758 g/mol. The number of carbonyl (C=O) groups is 3.